The van der Waals surface area contributed by atoms with E-state index < -0.39 is 0 Å². The molecule has 3 unspecified atom stereocenters. The second-order valence-electron chi connectivity index (χ2n) is 12.8. The summed E-state index contributed by atoms with van der Waals surface area (Å²) in [4.78, 5) is 0. The van der Waals surface area contributed by atoms with E-state index in [1.54, 1.807) is 0 Å². The van der Waals surface area contributed by atoms with Crippen LogP contribution in [0, 0.1) is 0 Å². The largest absolute Gasteiger partial charge is 0.356 e. The third kappa shape index (κ3) is 2.31. The molecule has 0 saturated heterocycles. The highest BCUT2D eigenvalue weighted by molar-refractivity contribution is 5.81. The number of fused-ring (bicyclic) bond motifs is 7. The Morgan fingerprint density at radius 2 is 0.762 bits per heavy atom. The summed E-state index contributed by atoms with van der Waals surface area (Å²) >= 11 is 0. The van der Waals surface area contributed by atoms with Crippen LogP contribution in [0.5, 0.6) is 0 Å². The summed E-state index contributed by atoms with van der Waals surface area (Å²) in [5.41, 5.74) is 20.4. The molecule has 6 aliphatic rings. The summed E-state index contributed by atoms with van der Waals surface area (Å²) in [6, 6.07) is 50.7. The van der Waals surface area contributed by atoms with Crippen LogP contribution in [0.4, 0.5) is 11.4 Å². The summed E-state index contributed by atoms with van der Waals surface area (Å²) in [5.74, 6) is 1.52. The van der Waals surface area contributed by atoms with Crippen molar-refractivity contribution in [3.63, 3.8) is 0 Å². The average Bonchev–Trinajstić information content (AvgIpc) is 3.24. The third-order valence-corrected chi connectivity index (χ3v) is 11.3. The second kappa shape index (κ2) is 7.30. The molecule has 6 aliphatic carbocycles. The van der Waals surface area contributed by atoms with Gasteiger partial charge in [-0.25, -0.2) is 0 Å². The topological polar surface area (TPSA) is 12.0 Å². The van der Waals surface area contributed by atoms with Gasteiger partial charge in [0.1, 0.15) is 0 Å². The molecule has 1 N–H and O–H groups in total. The molecular weight excluding hydrogens is 506 g/mol. The lowest BCUT2D eigenvalue weighted by molar-refractivity contribution is 0.333. The minimum absolute atomic E-state index is 0.125. The maximum atomic E-state index is 3.84. The first kappa shape index (κ1) is 21.8. The molecule has 0 aromatic heterocycles. The molecule has 0 heterocycles. The molecule has 42 heavy (non-hydrogen) atoms. The van der Waals surface area contributed by atoms with Crippen molar-refractivity contribution in [2.45, 2.75) is 29.1 Å². The van der Waals surface area contributed by atoms with Gasteiger partial charge in [0.25, 0.3) is 0 Å². The molecule has 1 heteroatoms. The normalized spacial score (nSPS) is 25.2. The van der Waals surface area contributed by atoms with Crippen molar-refractivity contribution in [1.82, 2.24) is 0 Å². The zero-order valence-corrected chi connectivity index (χ0v) is 23.0. The molecule has 0 amide bonds. The van der Waals surface area contributed by atoms with Gasteiger partial charge in [0.2, 0.25) is 0 Å². The summed E-state index contributed by atoms with van der Waals surface area (Å²) < 4.78 is 0. The Kier molecular flexibility index (Phi) is 3.79. The molecular formula is C41H27N. The number of hydrogen-bond donors (Lipinski definition) is 1. The molecule has 0 aliphatic heterocycles. The summed E-state index contributed by atoms with van der Waals surface area (Å²) in [5, 5.41) is 3.84. The lowest BCUT2D eigenvalue weighted by Crippen LogP contribution is -2.52. The molecule has 12 rings (SSSR count). The van der Waals surface area contributed by atoms with Crippen LogP contribution in [0.25, 0.3) is 0 Å². The molecule has 0 radical (unpaired) electrons. The first-order valence-electron chi connectivity index (χ1n) is 15.2. The molecule has 3 atom stereocenters. The number of rotatable bonds is 2. The monoisotopic (exact) mass is 533 g/mol. The second-order valence-corrected chi connectivity index (χ2v) is 12.8. The van der Waals surface area contributed by atoms with Crippen molar-refractivity contribution < 1.29 is 0 Å². The molecule has 2 bridgehead atoms. The van der Waals surface area contributed by atoms with Crippen molar-refractivity contribution in [2.24, 2.45) is 0 Å². The Morgan fingerprint density at radius 1 is 0.357 bits per heavy atom. The molecule has 196 valence electrons. The summed E-state index contributed by atoms with van der Waals surface area (Å²) in [6.07, 6.45) is 0. The Labute approximate surface area is 245 Å². The molecule has 1 spiro atoms. The standard InChI is InChI=1S/C41H27N/c1-3-11-27-25(9-1)37-26-10-2-4-12-28(26)38(27)33-21-23(17-19-29(33)37)42-24-18-20-30-34(22-24)40-32-14-6-8-16-36(32)41(40)35-15-7-5-13-31(35)39(30)41/h1-22,37-40,42H. The van der Waals surface area contributed by atoms with Gasteiger partial charge in [-0.15, -0.1) is 0 Å². The fourth-order valence-electron chi connectivity index (χ4n) is 9.92. The van der Waals surface area contributed by atoms with Gasteiger partial charge in [0.15, 0.2) is 0 Å². The first-order valence-corrected chi connectivity index (χ1v) is 15.2. The zero-order valence-electron chi connectivity index (χ0n) is 23.0. The Hall–Kier alpha value is -4.88. The minimum Gasteiger partial charge on any atom is -0.356 e. The minimum atomic E-state index is 0.125. The Bertz CT molecular complexity index is 2120. The van der Waals surface area contributed by atoms with Crippen LogP contribution in [0.2, 0.25) is 0 Å². The average molecular weight is 534 g/mol. The van der Waals surface area contributed by atoms with Crippen LogP contribution in [0.1, 0.15) is 90.4 Å². The van der Waals surface area contributed by atoms with Crippen molar-refractivity contribution in [1.29, 1.82) is 0 Å². The lowest BCUT2D eigenvalue weighted by Gasteiger charge is -2.58. The van der Waals surface area contributed by atoms with Crippen LogP contribution in [-0.2, 0) is 5.41 Å². The predicted octanol–water partition coefficient (Wildman–Crippen LogP) is 9.31. The van der Waals surface area contributed by atoms with Crippen LogP contribution in [0.3, 0.4) is 0 Å². The van der Waals surface area contributed by atoms with Crippen molar-refractivity contribution in [3.05, 3.63) is 200 Å². The van der Waals surface area contributed by atoms with Crippen molar-refractivity contribution in [3.8, 4) is 0 Å². The van der Waals surface area contributed by atoms with Crippen LogP contribution in [-0.4, -0.2) is 0 Å². The van der Waals surface area contributed by atoms with E-state index in [0.717, 1.165) is 0 Å². The maximum absolute atomic E-state index is 3.84. The number of benzene rings is 6. The van der Waals surface area contributed by atoms with E-state index in [4.69, 9.17) is 0 Å². The number of nitrogens with one attached hydrogen (secondary N) is 1. The van der Waals surface area contributed by atoms with E-state index in [0.29, 0.717) is 23.7 Å². The quantitative estimate of drug-likeness (QED) is 0.233. The number of anilines is 2. The Balaban J connectivity index is 1.01. The lowest BCUT2D eigenvalue weighted by atomic mass is 9.43. The van der Waals surface area contributed by atoms with Gasteiger partial charge < -0.3 is 5.32 Å². The fourth-order valence-corrected chi connectivity index (χ4v) is 9.92. The molecule has 0 fully saturated rings. The molecule has 6 aromatic carbocycles. The van der Waals surface area contributed by atoms with E-state index in [2.05, 4.69) is 139 Å². The zero-order chi connectivity index (χ0) is 27.2. The van der Waals surface area contributed by atoms with Gasteiger partial charge in [-0.1, -0.05) is 109 Å². The van der Waals surface area contributed by atoms with Gasteiger partial charge >= 0.3 is 0 Å². The highest BCUT2D eigenvalue weighted by Crippen LogP contribution is 2.77. The SMILES string of the molecule is c1ccc2c(c1)C1c3ccccc3C2c2cc(Nc3ccc4c(c3)C3c5ccccc5C35c3ccccc3C45)ccc21. The highest BCUT2D eigenvalue weighted by atomic mass is 14.9. The summed E-state index contributed by atoms with van der Waals surface area (Å²) in [6.45, 7) is 0. The van der Waals surface area contributed by atoms with Gasteiger partial charge in [0.05, 0.1) is 0 Å². The summed E-state index contributed by atoms with van der Waals surface area (Å²) in [7, 11) is 0. The van der Waals surface area contributed by atoms with Gasteiger partial charge in [-0.3, -0.25) is 0 Å². The van der Waals surface area contributed by atoms with Gasteiger partial charge in [-0.05, 0) is 91.0 Å². The first-order chi connectivity index (χ1) is 20.8. The van der Waals surface area contributed by atoms with Gasteiger partial charge in [-0.2, -0.15) is 0 Å². The van der Waals surface area contributed by atoms with E-state index in [1.807, 2.05) is 0 Å². The fraction of sp³-hybridized carbons (Fsp3) is 0.122. The molecule has 6 aromatic rings. The molecule has 0 saturated carbocycles. The van der Waals surface area contributed by atoms with Crippen LogP contribution >= 0.6 is 0 Å². The number of hydrogen-bond acceptors (Lipinski definition) is 1. The third-order valence-electron chi connectivity index (χ3n) is 11.3. The van der Waals surface area contributed by atoms with E-state index in [-0.39, 0.29) is 5.41 Å². The van der Waals surface area contributed by atoms with Crippen LogP contribution in [0.15, 0.2) is 133 Å². The van der Waals surface area contributed by atoms with Crippen molar-refractivity contribution in [2.75, 3.05) is 5.32 Å². The van der Waals surface area contributed by atoms with E-state index in [9.17, 15) is 0 Å². The Morgan fingerprint density at radius 3 is 1.33 bits per heavy atom. The molecule has 1 nitrogen and oxygen atoms in total. The van der Waals surface area contributed by atoms with E-state index >= 15 is 0 Å². The highest BCUT2D eigenvalue weighted by Gasteiger charge is 2.69. The predicted molar refractivity (Wildman–Crippen MR) is 168 cm³/mol. The smallest absolute Gasteiger partial charge is 0.0427 e. The van der Waals surface area contributed by atoms with Crippen LogP contribution < -0.4 is 5.32 Å². The van der Waals surface area contributed by atoms with Gasteiger partial charge in [0, 0.05) is 40.5 Å². The van der Waals surface area contributed by atoms with Crippen molar-refractivity contribution >= 4 is 11.4 Å². The maximum Gasteiger partial charge on any atom is 0.0427 e. The van der Waals surface area contributed by atoms with E-state index in [1.165, 1.54) is 78.1 Å².